The van der Waals surface area contributed by atoms with Crippen molar-refractivity contribution in [2.24, 2.45) is 0 Å². The Labute approximate surface area is 142 Å². The average Bonchev–Trinajstić information content (AvgIpc) is 3.08. The molecular formula is C20H25NOS. The highest BCUT2D eigenvalue weighted by atomic mass is 32.1. The van der Waals surface area contributed by atoms with E-state index in [-0.39, 0.29) is 5.91 Å². The van der Waals surface area contributed by atoms with Crippen LogP contribution in [0.25, 0.3) is 0 Å². The molecule has 0 spiro atoms. The molecule has 1 amide bonds. The van der Waals surface area contributed by atoms with Gasteiger partial charge in [-0.2, -0.15) is 0 Å². The van der Waals surface area contributed by atoms with Gasteiger partial charge in [-0.05, 0) is 53.9 Å². The summed E-state index contributed by atoms with van der Waals surface area (Å²) in [5, 5.41) is 3.22. The third kappa shape index (κ3) is 3.20. The van der Waals surface area contributed by atoms with Gasteiger partial charge in [-0.25, -0.2) is 0 Å². The zero-order valence-electron chi connectivity index (χ0n) is 14.4. The van der Waals surface area contributed by atoms with E-state index in [4.69, 9.17) is 0 Å². The minimum Gasteiger partial charge on any atom is -0.321 e. The van der Waals surface area contributed by atoms with Gasteiger partial charge in [0, 0.05) is 10.6 Å². The number of carbonyl (C=O) groups excluding carboxylic acids is 1. The van der Waals surface area contributed by atoms with Gasteiger partial charge in [-0.15, -0.1) is 11.3 Å². The first-order chi connectivity index (χ1) is 11.0. The molecule has 0 saturated carbocycles. The standard InChI is InChI=1S/C20H25NOS/c1-12(2)15-8-6-9-16(13(3)4)19(15)21-20(22)18-11-14-7-5-10-17(14)23-18/h6,8-9,11-13H,5,7,10H2,1-4H3,(H,21,22). The number of fused-ring (bicyclic) bond motifs is 1. The molecule has 0 bridgehead atoms. The number of para-hydroxylation sites is 1. The Bertz CT molecular complexity index is 679. The number of benzene rings is 1. The number of aryl methyl sites for hydroxylation is 2. The Morgan fingerprint density at radius 1 is 1.09 bits per heavy atom. The van der Waals surface area contributed by atoms with Crippen LogP contribution in [0.4, 0.5) is 5.69 Å². The van der Waals surface area contributed by atoms with Crippen molar-refractivity contribution >= 4 is 22.9 Å². The van der Waals surface area contributed by atoms with E-state index >= 15 is 0 Å². The summed E-state index contributed by atoms with van der Waals surface area (Å²) >= 11 is 1.67. The fourth-order valence-corrected chi connectivity index (χ4v) is 4.46. The first-order valence-electron chi connectivity index (χ1n) is 8.53. The lowest BCUT2D eigenvalue weighted by atomic mass is 9.92. The zero-order chi connectivity index (χ0) is 16.6. The van der Waals surface area contributed by atoms with E-state index in [1.54, 1.807) is 11.3 Å². The van der Waals surface area contributed by atoms with Gasteiger partial charge < -0.3 is 5.32 Å². The number of thiophene rings is 1. The van der Waals surface area contributed by atoms with Crippen molar-refractivity contribution in [3.05, 3.63) is 50.7 Å². The Hall–Kier alpha value is -1.61. The minimum absolute atomic E-state index is 0.0411. The number of anilines is 1. The minimum atomic E-state index is 0.0411. The molecule has 23 heavy (non-hydrogen) atoms. The van der Waals surface area contributed by atoms with Crippen molar-refractivity contribution in [1.82, 2.24) is 0 Å². The largest absolute Gasteiger partial charge is 0.321 e. The molecule has 122 valence electrons. The van der Waals surface area contributed by atoms with Gasteiger partial charge in [-0.1, -0.05) is 45.9 Å². The molecule has 1 aliphatic carbocycles. The van der Waals surface area contributed by atoms with Crippen molar-refractivity contribution in [3.8, 4) is 0 Å². The van der Waals surface area contributed by atoms with Crippen LogP contribution in [-0.2, 0) is 12.8 Å². The van der Waals surface area contributed by atoms with Crippen molar-refractivity contribution in [1.29, 1.82) is 0 Å². The number of amides is 1. The predicted octanol–water partition coefficient (Wildman–Crippen LogP) is 5.74. The summed E-state index contributed by atoms with van der Waals surface area (Å²) < 4.78 is 0. The van der Waals surface area contributed by atoms with E-state index in [0.717, 1.165) is 23.4 Å². The SMILES string of the molecule is CC(C)c1cccc(C(C)C)c1NC(=O)c1cc2c(s1)CCC2. The van der Waals surface area contributed by atoms with Gasteiger partial charge in [-0.3, -0.25) is 4.79 Å². The number of nitrogens with one attached hydrogen (secondary N) is 1. The van der Waals surface area contributed by atoms with E-state index in [0.29, 0.717) is 11.8 Å². The highest BCUT2D eigenvalue weighted by Gasteiger charge is 2.21. The third-order valence-electron chi connectivity index (χ3n) is 4.58. The Morgan fingerprint density at radius 3 is 2.30 bits per heavy atom. The second-order valence-electron chi connectivity index (χ2n) is 6.99. The van der Waals surface area contributed by atoms with E-state index in [1.807, 2.05) is 0 Å². The topological polar surface area (TPSA) is 29.1 Å². The molecule has 3 rings (SSSR count). The summed E-state index contributed by atoms with van der Waals surface area (Å²) in [5.74, 6) is 0.814. The Morgan fingerprint density at radius 2 is 1.74 bits per heavy atom. The fourth-order valence-electron chi connectivity index (χ4n) is 3.31. The molecule has 2 aromatic rings. The number of rotatable bonds is 4. The average molecular weight is 327 g/mol. The molecule has 3 heteroatoms. The smallest absolute Gasteiger partial charge is 0.265 e. The van der Waals surface area contributed by atoms with Crippen molar-refractivity contribution in [3.63, 3.8) is 0 Å². The van der Waals surface area contributed by atoms with Crippen LogP contribution in [0, 0.1) is 0 Å². The fraction of sp³-hybridized carbons (Fsp3) is 0.450. The molecule has 1 aromatic heterocycles. The van der Waals surface area contributed by atoms with Crippen LogP contribution in [0.1, 0.15) is 77.2 Å². The van der Waals surface area contributed by atoms with Crippen LogP contribution in [0.5, 0.6) is 0 Å². The maximum Gasteiger partial charge on any atom is 0.265 e. The zero-order valence-corrected chi connectivity index (χ0v) is 15.2. The van der Waals surface area contributed by atoms with Crippen molar-refractivity contribution in [2.75, 3.05) is 5.32 Å². The predicted molar refractivity (Wildman–Crippen MR) is 98.9 cm³/mol. The van der Waals surface area contributed by atoms with E-state index in [9.17, 15) is 4.79 Å². The van der Waals surface area contributed by atoms with Crippen LogP contribution in [0.2, 0.25) is 0 Å². The molecule has 1 N–H and O–H groups in total. The number of hydrogen-bond acceptors (Lipinski definition) is 2. The summed E-state index contributed by atoms with van der Waals surface area (Å²) in [5.41, 5.74) is 4.82. The Kier molecular flexibility index (Phi) is 4.58. The second-order valence-corrected chi connectivity index (χ2v) is 8.12. The molecule has 0 fully saturated rings. The second kappa shape index (κ2) is 6.48. The van der Waals surface area contributed by atoms with Gasteiger partial charge in [0.2, 0.25) is 0 Å². The molecule has 0 radical (unpaired) electrons. The summed E-state index contributed by atoms with van der Waals surface area (Å²) in [6.07, 6.45) is 3.49. The molecule has 0 unspecified atom stereocenters. The maximum absolute atomic E-state index is 12.8. The molecule has 2 nitrogen and oxygen atoms in total. The molecule has 0 saturated heterocycles. The van der Waals surface area contributed by atoms with E-state index in [2.05, 4.69) is 57.3 Å². The lowest BCUT2D eigenvalue weighted by Gasteiger charge is -2.20. The monoisotopic (exact) mass is 327 g/mol. The van der Waals surface area contributed by atoms with Gasteiger partial charge in [0.1, 0.15) is 0 Å². The molecular weight excluding hydrogens is 302 g/mol. The maximum atomic E-state index is 12.8. The molecule has 1 heterocycles. The summed E-state index contributed by atoms with van der Waals surface area (Å²) in [7, 11) is 0. The van der Waals surface area contributed by atoms with Gasteiger partial charge in [0.25, 0.3) is 5.91 Å². The lowest BCUT2D eigenvalue weighted by molar-refractivity contribution is 0.103. The van der Waals surface area contributed by atoms with Gasteiger partial charge >= 0.3 is 0 Å². The molecule has 1 aliphatic rings. The Balaban J connectivity index is 1.93. The number of hydrogen-bond donors (Lipinski definition) is 1. The van der Waals surface area contributed by atoms with Crippen LogP contribution < -0.4 is 5.32 Å². The number of carbonyl (C=O) groups is 1. The van der Waals surface area contributed by atoms with Crippen LogP contribution in [0.3, 0.4) is 0 Å². The van der Waals surface area contributed by atoms with Crippen LogP contribution in [0.15, 0.2) is 24.3 Å². The summed E-state index contributed by atoms with van der Waals surface area (Å²) in [4.78, 5) is 15.0. The molecule has 1 aromatic carbocycles. The van der Waals surface area contributed by atoms with Crippen LogP contribution in [-0.4, -0.2) is 5.91 Å². The lowest BCUT2D eigenvalue weighted by Crippen LogP contribution is -2.15. The van der Waals surface area contributed by atoms with Crippen molar-refractivity contribution in [2.45, 2.75) is 58.8 Å². The first kappa shape index (κ1) is 16.3. The van der Waals surface area contributed by atoms with E-state index in [1.165, 1.54) is 28.0 Å². The molecule has 0 aliphatic heterocycles. The van der Waals surface area contributed by atoms with Gasteiger partial charge in [0.15, 0.2) is 0 Å². The summed E-state index contributed by atoms with van der Waals surface area (Å²) in [6, 6.07) is 8.44. The third-order valence-corrected chi connectivity index (χ3v) is 5.82. The highest BCUT2D eigenvalue weighted by Crippen LogP contribution is 2.34. The highest BCUT2D eigenvalue weighted by molar-refractivity contribution is 7.14. The van der Waals surface area contributed by atoms with Gasteiger partial charge in [0.05, 0.1) is 4.88 Å². The summed E-state index contributed by atoms with van der Waals surface area (Å²) in [6.45, 7) is 8.70. The normalized spacial score (nSPS) is 13.7. The first-order valence-corrected chi connectivity index (χ1v) is 9.34. The quantitative estimate of drug-likeness (QED) is 0.762. The molecule has 0 atom stereocenters. The van der Waals surface area contributed by atoms with E-state index < -0.39 is 0 Å². The van der Waals surface area contributed by atoms with Crippen molar-refractivity contribution < 1.29 is 4.79 Å². The van der Waals surface area contributed by atoms with Crippen LogP contribution >= 0.6 is 11.3 Å².